The van der Waals surface area contributed by atoms with E-state index in [1.165, 1.54) is 42.5 Å². The number of benzene rings is 3. The van der Waals surface area contributed by atoms with Crippen molar-refractivity contribution in [2.75, 3.05) is 13.1 Å². The number of rotatable bonds is 13. The van der Waals surface area contributed by atoms with E-state index in [0.717, 1.165) is 12.0 Å². The molecule has 1 amide bonds. The molecule has 0 unspecified atom stereocenters. The number of carbonyl (C=O) groups excluding carboxylic acids is 1. The molecule has 2 heterocycles. The molecule has 0 bridgehead atoms. The number of aromatic hydroxyl groups is 1. The lowest BCUT2D eigenvalue weighted by Crippen LogP contribution is -2.71. The van der Waals surface area contributed by atoms with Crippen molar-refractivity contribution in [3.63, 3.8) is 0 Å². The predicted octanol–water partition coefficient (Wildman–Crippen LogP) is 2.62. The van der Waals surface area contributed by atoms with Crippen LogP contribution in [0.2, 0.25) is 0 Å². The van der Waals surface area contributed by atoms with Crippen molar-refractivity contribution < 1.29 is 49.0 Å². The smallest absolute Gasteiger partial charge is 0.335 e. The minimum atomic E-state index is -2.33. The SMILES string of the molecule is C[C@@H](CC=Cc1ccccc1)CCNC[C@@]1(O)[C@H](Oc2ccc3c(=O)c(-c4ccc(O)cc4)c(C(N)=O)oc3c2)O[C@H](C(=O)O)[C@@H](O)[C@@H]1O. The molecule has 0 saturated carbocycles. The fourth-order valence-electron chi connectivity index (χ4n) is 5.64. The molecule has 1 fully saturated rings. The van der Waals surface area contributed by atoms with E-state index in [0.29, 0.717) is 13.0 Å². The molecule has 3 aromatic carbocycles. The molecule has 13 heteroatoms. The summed E-state index contributed by atoms with van der Waals surface area (Å²) in [6.45, 7) is 2.12. The number of amides is 1. The zero-order chi connectivity index (χ0) is 35.3. The number of nitrogens with one attached hydrogen (secondary N) is 1. The van der Waals surface area contributed by atoms with Crippen LogP contribution in [0.15, 0.2) is 88.1 Å². The van der Waals surface area contributed by atoms with Crippen LogP contribution in [0.3, 0.4) is 0 Å². The molecule has 258 valence electrons. The maximum Gasteiger partial charge on any atom is 0.335 e. The molecular weight excluding hydrogens is 636 g/mol. The molecule has 4 aromatic rings. The number of hydrogen-bond acceptors (Lipinski definition) is 11. The minimum Gasteiger partial charge on any atom is -0.508 e. The second-order valence-electron chi connectivity index (χ2n) is 12.1. The van der Waals surface area contributed by atoms with Gasteiger partial charge >= 0.3 is 5.97 Å². The van der Waals surface area contributed by atoms with Crippen molar-refractivity contribution in [3.05, 3.63) is 100 Å². The van der Waals surface area contributed by atoms with E-state index in [1.807, 2.05) is 36.4 Å². The quantitative estimate of drug-likeness (QED) is 0.102. The van der Waals surface area contributed by atoms with Gasteiger partial charge < -0.3 is 50.5 Å². The second kappa shape index (κ2) is 15.0. The number of phenols is 1. The lowest BCUT2D eigenvalue weighted by Gasteiger charge is -2.46. The van der Waals surface area contributed by atoms with E-state index in [4.69, 9.17) is 19.6 Å². The number of phenolic OH excluding ortho intramolecular Hbond substituents is 1. The van der Waals surface area contributed by atoms with Gasteiger partial charge in [0.15, 0.2) is 11.7 Å². The van der Waals surface area contributed by atoms with E-state index in [-0.39, 0.29) is 46.1 Å². The summed E-state index contributed by atoms with van der Waals surface area (Å²) in [5, 5.41) is 55.5. The molecule has 1 aliphatic heterocycles. The first kappa shape index (κ1) is 35.3. The highest BCUT2D eigenvalue weighted by atomic mass is 16.7. The summed E-state index contributed by atoms with van der Waals surface area (Å²) in [7, 11) is 0. The van der Waals surface area contributed by atoms with Crippen molar-refractivity contribution in [1.82, 2.24) is 5.32 Å². The Morgan fingerprint density at radius 3 is 2.47 bits per heavy atom. The average Bonchev–Trinajstić information content (AvgIpc) is 3.08. The summed E-state index contributed by atoms with van der Waals surface area (Å²) in [6, 6.07) is 19.3. The lowest BCUT2D eigenvalue weighted by molar-refractivity contribution is -0.311. The van der Waals surface area contributed by atoms with Crippen LogP contribution in [0.4, 0.5) is 0 Å². The number of carboxylic acids is 1. The predicted molar refractivity (Wildman–Crippen MR) is 179 cm³/mol. The van der Waals surface area contributed by atoms with Crippen molar-refractivity contribution >= 4 is 28.9 Å². The van der Waals surface area contributed by atoms with E-state index >= 15 is 0 Å². The monoisotopic (exact) mass is 674 g/mol. The summed E-state index contributed by atoms with van der Waals surface area (Å²) in [5.41, 5.74) is 3.73. The van der Waals surface area contributed by atoms with Gasteiger partial charge in [0, 0.05) is 12.6 Å². The van der Waals surface area contributed by atoms with Crippen LogP contribution in [-0.4, -0.2) is 80.7 Å². The Hall–Kier alpha value is -5.05. The van der Waals surface area contributed by atoms with Gasteiger partial charge in [-0.05, 0) is 60.7 Å². The van der Waals surface area contributed by atoms with Crippen molar-refractivity contribution in [2.24, 2.45) is 11.7 Å². The topological polar surface area (TPSA) is 222 Å². The number of aliphatic hydroxyl groups excluding tert-OH is 2. The van der Waals surface area contributed by atoms with Crippen LogP contribution >= 0.6 is 0 Å². The standard InChI is InChI=1S/C36H38N2O11/c1-20(6-5-9-21-7-3-2-4-8-21)16-17-38-19-36(46)32(42)29(41)31(34(44)45)49-35(36)47-24-14-15-25-26(18-24)48-30(33(37)43)27(28(25)40)22-10-12-23(39)13-11-22/h2-5,7-15,18,20,29,31-32,35,38-39,41-42,46H,6,16-17,19H2,1H3,(H2,37,43)(H,44,45)/t20-,29+,31-,32-,35+,36-/m0/s1. The van der Waals surface area contributed by atoms with Crippen LogP contribution in [0.1, 0.15) is 35.9 Å². The van der Waals surface area contributed by atoms with Crippen LogP contribution in [0.5, 0.6) is 11.5 Å². The number of aliphatic hydroxyl groups is 3. The molecule has 49 heavy (non-hydrogen) atoms. The highest BCUT2D eigenvalue weighted by molar-refractivity contribution is 5.99. The second-order valence-corrected chi connectivity index (χ2v) is 12.1. The summed E-state index contributed by atoms with van der Waals surface area (Å²) in [4.78, 5) is 37.7. The molecule has 0 radical (unpaired) electrons. The van der Waals surface area contributed by atoms with Gasteiger partial charge in [-0.25, -0.2) is 4.79 Å². The Kier molecular flexibility index (Phi) is 10.8. The first-order valence-corrected chi connectivity index (χ1v) is 15.6. The van der Waals surface area contributed by atoms with Gasteiger partial charge in [0.2, 0.25) is 17.5 Å². The van der Waals surface area contributed by atoms with Crippen LogP contribution in [0.25, 0.3) is 28.2 Å². The van der Waals surface area contributed by atoms with Gasteiger partial charge in [-0.3, -0.25) is 9.59 Å². The fourth-order valence-corrected chi connectivity index (χ4v) is 5.64. The minimum absolute atomic E-state index is 0.0357. The van der Waals surface area contributed by atoms with Crippen LogP contribution in [-0.2, 0) is 9.53 Å². The Morgan fingerprint density at radius 1 is 1.08 bits per heavy atom. The number of carboxylic acid groups (broad SMARTS) is 1. The zero-order valence-electron chi connectivity index (χ0n) is 26.6. The van der Waals surface area contributed by atoms with E-state index < -0.39 is 53.3 Å². The van der Waals surface area contributed by atoms with Gasteiger partial charge in [0.1, 0.15) is 29.3 Å². The van der Waals surface area contributed by atoms with Gasteiger partial charge in [0.05, 0.1) is 10.9 Å². The molecule has 5 rings (SSSR count). The lowest BCUT2D eigenvalue weighted by atomic mass is 9.86. The number of primary amides is 1. The van der Waals surface area contributed by atoms with E-state index in [2.05, 4.69) is 18.3 Å². The number of fused-ring (bicyclic) bond motifs is 1. The van der Waals surface area contributed by atoms with E-state index in [9.17, 15) is 39.9 Å². The molecule has 1 aliphatic rings. The Morgan fingerprint density at radius 2 is 1.80 bits per heavy atom. The van der Waals surface area contributed by atoms with Crippen molar-refractivity contribution in [1.29, 1.82) is 0 Å². The molecule has 0 spiro atoms. The fraction of sp³-hybridized carbons (Fsp3) is 0.306. The highest BCUT2D eigenvalue weighted by Gasteiger charge is 2.58. The van der Waals surface area contributed by atoms with Crippen molar-refractivity contribution in [2.45, 2.75) is 50.0 Å². The highest BCUT2D eigenvalue weighted by Crippen LogP contribution is 2.34. The Bertz CT molecular complexity index is 1880. The number of carbonyl (C=O) groups is 2. The first-order valence-electron chi connectivity index (χ1n) is 15.6. The number of allylic oxidation sites excluding steroid dienone is 1. The summed E-state index contributed by atoms with van der Waals surface area (Å²) < 4.78 is 17.1. The molecule has 1 aromatic heterocycles. The maximum absolute atomic E-state index is 13.5. The largest absolute Gasteiger partial charge is 0.508 e. The third kappa shape index (κ3) is 7.82. The number of nitrogens with two attached hydrogens (primary N) is 1. The molecule has 8 N–H and O–H groups in total. The molecule has 6 atom stereocenters. The molecule has 1 saturated heterocycles. The normalized spacial score (nSPS) is 23.0. The number of aliphatic carboxylic acids is 1. The third-order valence-corrected chi connectivity index (χ3v) is 8.42. The average molecular weight is 675 g/mol. The summed E-state index contributed by atoms with van der Waals surface area (Å²) >= 11 is 0. The van der Waals surface area contributed by atoms with Gasteiger partial charge in [0.25, 0.3) is 5.91 Å². The summed E-state index contributed by atoms with van der Waals surface area (Å²) in [6.07, 6.45) is -2.15. The van der Waals surface area contributed by atoms with Gasteiger partial charge in [-0.1, -0.05) is 61.5 Å². The van der Waals surface area contributed by atoms with Gasteiger partial charge in [-0.2, -0.15) is 0 Å². The van der Waals surface area contributed by atoms with Crippen LogP contribution < -0.4 is 21.2 Å². The maximum atomic E-state index is 13.5. The van der Waals surface area contributed by atoms with Gasteiger partial charge in [-0.15, -0.1) is 0 Å². The molecular formula is C36H38N2O11. The number of hydrogen-bond donors (Lipinski definition) is 7. The number of ether oxygens (including phenoxy) is 2. The van der Waals surface area contributed by atoms with E-state index in [1.54, 1.807) is 0 Å². The summed E-state index contributed by atoms with van der Waals surface area (Å²) in [5.74, 6) is -2.96. The molecule has 13 nitrogen and oxygen atoms in total. The van der Waals surface area contributed by atoms with Crippen LogP contribution in [0, 0.1) is 5.92 Å². The first-order chi connectivity index (χ1) is 23.4. The zero-order valence-corrected chi connectivity index (χ0v) is 26.6. The third-order valence-electron chi connectivity index (χ3n) is 8.42. The molecule has 0 aliphatic carbocycles. The Labute approximate surface area is 280 Å². The Balaban J connectivity index is 1.35. The van der Waals surface area contributed by atoms with Crippen molar-refractivity contribution in [3.8, 4) is 22.6 Å².